The molecular weight excluding hydrogens is 324 g/mol. The number of fused-ring (bicyclic) bond motifs is 1. The number of likely N-dealkylation sites (N-methyl/N-ethyl adjacent to an activating group) is 1. The Kier molecular flexibility index (Phi) is 6.64. The molecule has 0 radical (unpaired) electrons. The second kappa shape index (κ2) is 8.71. The summed E-state index contributed by atoms with van der Waals surface area (Å²) in [5.41, 5.74) is 1.37. The van der Waals surface area contributed by atoms with Crippen LogP contribution in [-0.4, -0.2) is 69.6 Å². The van der Waals surface area contributed by atoms with Crippen molar-refractivity contribution >= 4 is 12.4 Å². The van der Waals surface area contributed by atoms with Gasteiger partial charge in [0.2, 0.25) is 6.41 Å². The molecule has 0 bridgehead atoms. The fourth-order valence-electron chi connectivity index (χ4n) is 2.84. The van der Waals surface area contributed by atoms with Crippen LogP contribution in [0.15, 0.2) is 12.1 Å². The molecule has 1 atom stereocenters. The quantitative estimate of drug-likeness (QED) is 0.608. The Bertz CT molecular complexity index is 612. The molecule has 0 spiro atoms. The van der Waals surface area contributed by atoms with Crippen molar-refractivity contribution in [1.82, 2.24) is 9.80 Å². The Morgan fingerprint density at radius 2 is 1.88 bits per heavy atom. The van der Waals surface area contributed by atoms with Crippen LogP contribution in [0.2, 0.25) is 0 Å². The van der Waals surface area contributed by atoms with Crippen molar-refractivity contribution in [3.8, 4) is 11.5 Å². The molecular formula is C18H26N2O5. The Morgan fingerprint density at radius 3 is 2.40 bits per heavy atom. The number of esters is 1. The van der Waals surface area contributed by atoms with Crippen LogP contribution < -0.4 is 9.47 Å². The average molecular weight is 350 g/mol. The molecule has 3 rings (SSSR count). The lowest BCUT2D eigenvalue weighted by Crippen LogP contribution is -2.43. The molecule has 0 N–H and O–H groups in total. The van der Waals surface area contributed by atoms with Gasteiger partial charge in [-0.1, -0.05) is 6.92 Å². The van der Waals surface area contributed by atoms with E-state index in [9.17, 15) is 9.59 Å². The van der Waals surface area contributed by atoms with Crippen LogP contribution in [0, 0.1) is 0 Å². The van der Waals surface area contributed by atoms with Crippen molar-refractivity contribution in [3.05, 3.63) is 23.3 Å². The van der Waals surface area contributed by atoms with Crippen LogP contribution >= 0.6 is 0 Å². The molecule has 0 saturated carbocycles. The number of piperazine rings is 1. The smallest absolute Gasteiger partial charge is 0.342 e. The molecule has 138 valence electrons. The van der Waals surface area contributed by atoms with Crippen LogP contribution in [-0.2, 0) is 9.53 Å². The zero-order chi connectivity index (χ0) is 18.4. The summed E-state index contributed by atoms with van der Waals surface area (Å²) in [6.07, 6.45) is 1.48. The molecule has 1 fully saturated rings. The predicted octanol–water partition coefficient (Wildman–Crippen LogP) is 1.72. The Labute approximate surface area is 148 Å². The van der Waals surface area contributed by atoms with Crippen molar-refractivity contribution < 1.29 is 23.8 Å². The lowest BCUT2D eigenvalue weighted by Gasteiger charge is -2.29. The van der Waals surface area contributed by atoms with Gasteiger partial charge in [0.05, 0.1) is 14.2 Å². The maximum atomic E-state index is 11.7. The highest BCUT2D eigenvalue weighted by Gasteiger charge is 2.33. The van der Waals surface area contributed by atoms with Crippen molar-refractivity contribution in [2.75, 3.05) is 47.4 Å². The normalized spacial score (nSPS) is 19.4. The zero-order valence-corrected chi connectivity index (χ0v) is 15.3. The summed E-state index contributed by atoms with van der Waals surface area (Å²) in [7, 11) is 5.18. The fraction of sp³-hybridized carbons (Fsp3) is 0.556. The Morgan fingerprint density at radius 1 is 1.20 bits per heavy atom. The van der Waals surface area contributed by atoms with Crippen LogP contribution in [0.1, 0.15) is 35.4 Å². The largest absolute Gasteiger partial charge is 0.497 e. The molecule has 0 unspecified atom stereocenters. The molecule has 2 aliphatic rings. The number of hydrogen-bond donors (Lipinski definition) is 0. The molecule has 1 saturated heterocycles. The first-order valence-electron chi connectivity index (χ1n) is 8.38. The molecule has 7 nitrogen and oxygen atoms in total. The number of cyclic esters (lactones) is 1. The van der Waals surface area contributed by atoms with E-state index in [0.717, 1.165) is 44.6 Å². The van der Waals surface area contributed by atoms with E-state index in [2.05, 4.69) is 11.9 Å². The number of carbonyl (C=O) groups is 2. The van der Waals surface area contributed by atoms with E-state index >= 15 is 0 Å². The Hall–Kier alpha value is -2.28. The minimum atomic E-state index is -0.318. The van der Waals surface area contributed by atoms with Crippen LogP contribution in [0.3, 0.4) is 0 Å². The van der Waals surface area contributed by atoms with Crippen molar-refractivity contribution in [2.24, 2.45) is 0 Å². The highest BCUT2D eigenvalue weighted by molar-refractivity contribution is 5.97. The van der Waals surface area contributed by atoms with Gasteiger partial charge in [-0.15, -0.1) is 0 Å². The summed E-state index contributed by atoms with van der Waals surface area (Å²) in [6, 6.07) is 3.52. The lowest BCUT2D eigenvalue weighted by molar-refractivity contribution is -0.119. The summed E-state index contributed by atoms with van der Waals surface area (Å²) in [5, 5.41) is 0. The van der Waals surface area contributed by atoms with Crippen molar-refractivity contribution in [1.29, 1.82) is 0 Å². The third-order valence-electron chi connectivity index (χ3n) is 4.42. The second-order valence-electron chi connectivity index (χ2n) is 6.04. The molecule has 2 aliphatic heterocycles. The van der Waals surface area contributed by atoms with Crippen LogP contribution in [0.5, 0.6) is 11.5 Å². The molecule has 1 aromatic carbocycles. The topological polar surface area (TPSA) is 68.3 Å². The summed E-state index contributed by atoms with van der Waals surface area (Å²) in [4.78, 5) is 25.9. The number of nitrogens with zero attached hydrogens (tertiary/aromatic N) is 2. The molecule has 25 heavy (non-hydrogen) atoms. The van der Waals surface area contributed by atoms with Gasteiger partial charge in [0.15, 0.2) is 0 Å². The van der Waals surface area contributed by atoms with Gasteiger partial charge in [-0.05, 0) is 19.5 Å². The number of ether oxygens (including phenoxy) is 3. The molecule has 0 aliphatic carbocycles. The Balaban J connectivity index is 0.000000212. The number of carbonyl (C=O) groups excluding carboxylic acids is 2. The van der Waals surface area contributed by atoms with Crippen LogP contribution in [0.4, 0.5) is 0 Å². The third-order valence-corrected chi connectivity index (χ3v) is 4.42. The van der Waals surface area contributed by atoms with E-state index in [4.69, 9.17) is 14.2 Å². The lowest BCUT2D eigenvalue weighted by atomic mass is 10.0. The van der Waals surface area contributed by atoms with E-state index in [1.807, 2.05) is 13.0 Å². The van der Waals surface area contributed by atoms with Gasteiger partial charge >= 0.3 is 5.97 Å². The number of rotatable bonds is 4. The first-order valence-corrected chi connectivity index (χ1v) is 8.38. The SMILES string of the molecule is CC[C@H]1OC(=O)c2c(OC)cc(OC)cc21.CN1CCN(C=O)CC1. The number of methoxy groups -OCH3 is 2. The maximum absolute atomic E-state index is 11.7. The molecule has 1 amide bonds. The van der Waals surface area contributed by atoms with Crippen LogP contribution in [0.25, 0.3) is 0 Å². The van der Waals surface area contributed by atoms with Gasteiger partial charge in [0.1, 0.15) is 23.2 Å². The van der Waals surface area contributed by atoms with Gasteiger partial charge in [0.25, 0.3) is 0 Å². The molecule has 2 heterocycles. The number of amides is 1. The van der Waals surface area contributed by atoms with Gasteiger partial charge in [-0.25, -0.2) is 4.79 Å². The van der Waals surface area contributed by atoms with E-state index in [1.165, 1.54) is 7.11 Å². The van der Waals surface area contributed by atoms with Crippen molar-refractivity contribution in [2.45, 2.75) is 19.4 Å². The fourth-order valence-corrected chi connectivity index (χ4v) is 2.84. The zero-order valence-electron chi connectivity index (χ0n) is 15.3. The summed E-state index contributed by atoms with van der Waals surface area (Å²) in [6.45, 7) is 5.77. The first kappa shape index (κ1) is 19.1. The number of benzene rings is 1. The second-order valence-corrected chi connectivity index (χ2v) is 6.04. The highest BCUT2D eigenvalue weighted by atomic mass is 16.6. The minimum Gasteiger partial charge on any atom is -0.497 e. The average Bonchev–Trinajstić information content (AvgIpc) is 2.98. The first-order chi connectivity index (χ1) is 12.0. The van der Waals surface area contributed by atoms with E-state index in [0.29, 0.717) is 17.1 Å². The van der Waals surface area contributed by atoms with E-state index in [-0.39, 0.29) is 12.1 Å². The van der Waals surface area contributed by atoms with E-state index in [1.54, 1.807) is 18.1 Å². The summed E-state index contributed by atoms with van der Waals surface area (Å²) < 4.78 is 15.6. The summed E-state index contributed by atoms with van der Waals surface area (Å²) >= 11 is 0. The highest BCUT2D eigenvalue weighted by Crippen LogP contribution is 2.40. The third kappa shape index (κ3) is 4.42. The van der Waals surface area contributed by atoms with Gasteiger partial charge in [0, 0.05) is 37.8 Å². The summed E-state index contributed by atoms with van der Waals surface area (Å²) in [5.74, 6) is 0.865. The van der Waals surface area contributed by atoms with Gasteiger partial charge in [-0.3, -0.25) is 4.79 Å². The predicted molar refractivity (Wildman–Crippen MR) is 93.1 cm³/mol. The van der Waals surface area contributed by atoms with E-state index < -0.39 is 0 Å². The maximum Gasteiger partial charge on any atom is 0.342 e. The standard InChI is InChI=1S/C12H14O4.C6H12N2O/c1-4-9-8-5-7(14-2)6-10(15-3)11(8)12(13)16-9;1-7-2-4-8(6-9)5-3-7/h5-6,9H,4H2,1-3H3;6H,2-5H2,1H3/t9-;/m1./s1. The monoisotopic (exact) mass is 350 g/mol. The van der Waals surface area contributed by atoms with Crippen molar-refractivity contribution in [3.63, 3.8) is 0 Å². The van der Waals surface area contributed by atoms with Gasteiger partial charge < -0.3 is 24.0 Å². The molecule has 1 aromatic rings. The van der Waals surface area contributed by atoms with Gasteiger partial charge in [-0.2, -0.15) is 0 Å². The molecule has 0 aromatic heterocycles. The number of hydrogen-bond acceptors (Lipinski definition) is 6. The minimum absolute atomic E-state index is 0.188. The molecule has 7 heteroatoms.